The molecule has 1 saturated carbocycles. The Morgan fingerprint density at radius 3 is 2.43 bits per heavy atom. The lowest BCUT2D eigenvalue weighted by Gasteiger charge is -2.43. The molecule has 0 aromatic carbocycles. The molecule has 1 aliphatic heterocycles. The lowest BCUT2D eigenvalue weighted by molar-refractivity contribution is -0.226. The smallest absolute Gasteiger partial charge is 0.218 e. The van der Waals surface area contributed by atoms with E-state index in [-0.39, 0.29) is 12.2 Å². The zero-order chi connectivity index (χ0) is 15.7. The minimum Gasteiger partial charge on any atom is -0.465 e. The van der Waals surface area contributed by atoms with Gasteiger partial charge in [0.1, 0.15) is 24.6 Å². The van der Waals surface area contributed by atoms with E-state index in [1.165, 1.54) is 6.08 Å². The maximum Gasteiger partial charge on any atom is 0.218 e. The highest BCUT2D eigenvalue weighted by Crippen LogP contribution is 2.25. The van der Waals surface area contributed by atoms with Crippen molar-refractivity contribution in [3.8, 4) is 0 Å². The molecule has 2 aliphatic rings. The van der Waals surface area contributed by atoms with E-state index >= 15 is 0 Å². The Balaban J connectivity index is 2.08. The average Bonchev–Trinajstić information content (AvgIpc) is 2.45. The summed E-state index contributed by atoms with van der Waals surface area (Å²) in [7, 11) is 0. The van der Waals surface area contributed by atoms with E-state index in [0.717, 1.165) is 0 Å². The van der Waals surface area contributed by atoms with Crippen LogP contribution in [0.15, 0.2) is 11.8 Å². The lowest BCUT2D eigenvalue weighted by atomic mass is 9.84. The summed E-state index contributed by atoms with van der Waals surface area (Å²) in [4.78, 5) is 0. The highest BCUT2D eigenvalue weighted by Gasteiger charge is 2.44. The Bertz CT molecular complexity index is 395. The van der Waals surface area contributed by atoms with E-state index in [0.29, 0.717) is 0 Å². The Morgan fingerprint density at radius 2 is 1.81 bits per heavy atom. The van der Waals surface area contributed by atoms with E-state index in [9.17, 15) is 15.3 Å². The van der Waals surface area contributed by atoms with Gasteiger partial charge in [-0.2, -0.15) is 0 Å². The second kappa shape index (κ2) is 6.55. The molecule has 0 amide bonds. The molecular formula is C12H23N3O6. The number of ether oxygens (including phenoxy) is 2. The van der Waals surface area contributed by atoms with E-state index < -0.39 is 55.4 Å². The first-order valence-electron chi connectivity index (χ1n) is 6.79. The van der Waals surface area contributed by atoms with Crippen molar-refractivity contribution in [1.29, 1.82) is 0 Å². The van der Waals surface area contributed by atoms with Crippen molar-refractivity contribution in [3.63, 3.8) is 0 Å². The van der Waals surface area contributed by atoms with Crippen LogP contribution in [0.2, 0.25) is 0 Å². The first kappa shape index (κ1) is 16.6. The van der Waals surface area contributed by atoms with Crippen molar-refractivity contribution in [2.75, 3.05) is 6.61 Å². The van der Waals surface area contributed by atoms with Crippen LogP contribution >= 0.6 is 0 Å². The third-order valence-electron chi connectivity index (χ3n) is 3.87. The van der Waals surface area contributed by atoms with Crippen molar-refractivity contribution in [3.05, 3.63) is 11.8 Å². The molecule has 0 spiro atoms. The number of hydrogen-bond acceptors (Lipinski definition) is 9. The largest absolute Gasteiger partial charge is 0.465 e. The molecule has 0 aromatic heterocycles. The molecule has 0 radical (unpaired) electrons. The second-order valence-corrected chi connectivity index (χ2v) is 5.49. The SMILES string of the molecule is NC1C[C@@H](N)C(O)C(O)[C@@H]1O[C@H]1OC(CO)=C[C@H](O)C1N. The first-order valence-corrected chi connectivity index (χ1v) is 6.79. The van der Waals surface area contributed by atoms with Crippen LogP contribution in [-0.2, 0) is 9.47 Å². The number of aliphatic hydroxyl groups excluding tert-OH is 4. The van der Waals surface area contributed by atoms with E-state index in [4.69, 9.17) is 31.8 Å². The van der Waals surface area contributed by atoms with Gasteiger partial charge in [0.2, 0.25) is 6.29 Å². The van der Waals surface area contributed by atoms with Gasteiger partial charge in [0, 0.05) is 12.1 Å². The molecule has 0 saturated heterocycles. The zero-order valence-corrected chi connectivity index (χ0v) is 11.4. The van der Waals surface area contributed by atoms with Crippen LogP contribution < -0.4 is 17.2 Å². The summed E-state index contributed by atoms with van der Waals surface area (Å²) in [5, 5.41) is 38.7. The summed E-state index contributed by atoms with van der Waals surface area (Å²) in [5.74, 6) is 0.116. The van der Waals surface area contributed by atoms with Crippen LogP contribution in [0.25, 0.3) is 0 Å². The summed E-state index contributed by atoms with van der Waals surface area (Å²) in [6.45, 7) is -0.420. The van der Waals surface area contributed by atoms with E-state index in [2.05, 4.69) is 0 Å². The van der Waals surface area contributed by atoms with Crippen LogP contribution in [0.4, 0.5) is 0 Å². The van der Waals surface area contributed by atoms with Gasteiger partial charge in [-0.05, 0) is 12.5 Å². The van der Waals surface area contributed by atoms with Gasteiger partial charge in [-0.15, -0.1) is 0 Å². The first-order chi connectivity index (χ1) is 9.85. The topological polar surface area (TPSA) is 177 Å². The standard InChI is InChI=1S/C12H23N3O6/c13-5-2-6(14)11(10(19)9(5)18)21-12-8(15)7(17)1-4(3-16)20-12/h1,5-12,16-19H,2-3,13-15H2/t5-,6?,7+,8?,9?,10?,11-,12-/m1/s1. The van der Waals surface area contributed by atoms with Crippen molar-refractivity contribution in [2.24, 2.45) is 17.2 Å². The third-order valence-corrected chi connectivity index (χ3v) is 3.87. The summed E-state index contributed by atoms with van der Waals surface area (Å²) < 4.78 is 10.8. The molecule has 9 heteroatoms. The summed E-state index contributed by atoms with van der Waals surface area (Å²) in [6, 6.07) is -2.17. The van der Waals surface area contributed by atoms with Crippen LogP contribution in [-0.4, -0.2) is 75.9 Å². The predicted molar refractivity (Wildman–Crippen MR) is 71.5 cm³/mol. The minimum absolute atomic E-state index is 0.116. The molecule has 21 heavy (non-hydrogen) atoms. The molecular weight excluding hydrogens is 282 g/mol. The maximum absolute atomic E-state index is 10.0. The number of aliphatic hydroxyl groups is 4. The third kappa shape index (κ3) is 3.35. The monoisotopic (exact) mass is 305 g/mol. The average molecular weight is 305 g/mol. The molecule has 8 atom stereocenters. The van der Waals surface area contributed by atoms with Gasteiger partial charge < -0.3 is 47.1 Å². The maximum atomic E-state index is 10.0. The van der Waals surface area contributed by atoms with Crippen LogP contribution in [0.1, 0.15) is 6.42 Å². The van der Waals surface area contributed by atoms with Gasteiger partial charge in [0.25, 0.3) is 0 Å². The van der Waals surface area contributed by atoms with Gasteiger partial charge in [0.15, 0.2) is 0 Å². The Kier molecular flexibility index (Phi) is 5.17. The molecule has 0 bridgehead atoms. The molecule has 1 aliphatic carbocycles. The summed E-state index contributed by atoms with van der Waals surface area (Å²) in [6.07, 6.45) is -4.02. The minimum atomic E-state index is -1.29. The Hall–Kier alpha value is -0.780. The highest BCUT2D eigenvalue weighted by atomic mass is 16.7. The molecule has 2 rings (SSSR count). The number of hydrogen-bond donors (Lipinski definition) is 7. The van der Waals surface area contributed by atoms with Gasteiger partial charge in [0.05, 0.1) is 18.2 Å². The van der Waals surface area contributed by atoms with Crippen LogP contribution in [0.3, 0.4) is 0 Å². The molecule has 1 heterocycles. The van der Waals surface area contributed by atoms with E-state index in [1.54, 1.807) is 0 Å². The van der Waals surface area contributed by atoms with Gasteiger partial charge in [-0.3, -0.25) is 0 Å². The highest BCUT2D eigenvalue weighted by molar-refractivity contribution is 5.07. The normalized spacial score (nSPS) is 47.7. The van der Waals surface area contributed by atoms with Gasteiger partial charge in [-0.25, -0.2) is 0 Å². The molecule has 1 fully saturated rings. The fraction of sp³-hybridized carbons (Fsp3) is 0.833. The van der Waals surface area contributed by atoms with Crippen molar-refractivity contribution < 1.29 is 29.9 Å². The van der Waals surface area contributed by atoms with Crippen LogP contribution in [0, 0.1) is 0 Å². The second-order valence-electron chi connectivity index (χ2n) is 5.49. The molecule has 0 aromatic rings. The van der Waals surface area contributed by atoms with Crippen molar-refractivity contribution in [1.82, 2.24) is 0 Å². The lowest BCUT2D eigenvalue weighted by Crippen LogP contribution is -2.64. The van der Waals surface area contributed by atoms with Crippen molar-refractivity contribution in [2.45, 2.75) is 55.3 Å². The molecule has 122 valence electrons. The predicted octanol–water partition coefficient (Wildman–Crippen LogP) is -3.93. The molecule has 4 unspecified atom stereocenters. The number of rotatable bonds is 3. The van der Waals surface area contributed by atoms with Gasteiger partial charge >= 0.3 is 0 Å². The Morgan fingerprint density at radius 1 is 1.14 bits per heavy atom. The molecule has 10 N–H and O–H groups in total. The number of nitrogens with two attached hydrogens (primary N) is 3. The van der Waals surface area contributed by atoms with Gasteiger partial charge in [-0.1, -0.05) is 0 Å². The fourth-order valence-corrected chi connectivity index (χ4v) is 2.56. The van der Waals surface area contributed by atoms with Crippen LogP contribution in [0.5, 0.6) is 0 Å². The van der Waals surface area contributed by atoms with Crippen molar-refractivity contribution >= 4 is 0 Å². The quantitative estimate of drug-likeness (QED) is 0.274. The molecule has 9 nitrogen and oxygen atoms in total. The summed E-state index contributed by atoms with van der Waals surface area (Å²) in [5.41, 5.74) is 17.3. The summed E-state index contributed by atoms with van der Waals surface area (Å²) >= 11 is 0. The Labute approximate surface area is 121 Å². The van der Waals surface area contributed by atoms with E-state index in [1.807, 2.05) is 0 Å². The fourth-order valence-electron chi connectivity index (χ4n) is 2.56. The zero-order valence-electron chi connectivity index (χ0n) is 11.4.